The van der Waals surface area contributed by atoms with E-state index in [4.69, 9.17) is 11.6 Å². The summed E-state index contributed by atoms with van der Waals surface area (Å²) in [6.07, 6.45) is 0. The summed E-state index contributed by atoms with van der Waals surface area (Å²) in [4.78, 5) is 3.32. The SMILES string of the molecule is C[n+]1c2ccc(F)cc2c(Cl)c2[nH]c3ccccc3c21. The number of hydrogen-bond acceptors (Lipinski definition) is 0. The molecule has 0 radical (unpaired) electrons. The maximum atomic E-state index is 13.5. The lowest BCUT2D eigenvalue weighted by Gasteiger charge is -2.02. The summed E-state index contributed by atoms with van der Waals surface area (Å²) in [7, 11) is 1.97. The molecule has 1 N–H and O–H groups in total. The lowest BCUT2D eigenvalue weighted by atomic mass is 10.1. The summed E-state index contributed by atoms with van der Waals surface area (Å²) in [5.74, 6) is -0.283. The standard InChI is InChI=1S/C16H10ClFN2/c1-20-13-7-6-9(18)8-11(13)14(17)15-16(20)10-4-2-3-5-12(10)19-15/h2-8H,1H3/p+1. The second kappa shape index (κ2) is 3.93. The Bertz CT molecular complexity index is 988. The van der Waals surface area contributed by atoms with Crippen molar-refractivity contribution in [3.05, 3.63) is 53.3 Å². The Labute approximate surface area is 119 Å². The minimum Gasteiger partial charge on any atom is -0.348 e. The van der Waals surface area contributed by atoms with E-state index in [1.54, 1.807) is 6.07 Å². The molecular formula is C16H11ClFN2+. The van der Waals surface area contributed by atoms with Crippen LogP contribution in [0.2, 0.25) is 5.02 Å². The zero-order valence-corrected chi connectivity index (χ0v) is 11.5. The molecule has 4 heteroatoms. The molecule has 0 saturated carbocycles. The van der Waals surface area contributed by atoms with Crippen LogP contribution in [-0.4, -0.2) is 4.98 Å². The molecule has 0 atom stereocenters. The minimum absolute atomic E-state index is 0.283. The third-order valence-electron chi connectivity index (χ3n) is 3.79. The molecule has 2 aromatic carbocycles. The van der Waals surface area contributed by atoms with E-state index >= 15 is 0 Å². The Hall–Kier alpha value is -2.13. The number of fused-ring (bicyclic) bond motifs is 4. The zero-order valence-electron chi connectivity index (χ0n) is 10.7. The first-order chi connectivity index (χ1) is 9.66. The van der Waals surface area contributed by atoms with Crippen LogP contribution in [-0.2, 0) is 7.05 Å². The predicted molar refractivity (Wildman–Crippen MR) is 79.5 cm³/mol. The van der Waals surface area contributed by atoms with Gasteiger partial charge in [0, 0.05) is 6.07 Å². The molecule has 2 heterocycles. The molecule has 98 valence electrons. The fraction of sp³-hybridized carbons (Fsp3) is 0.0625. The minimum atomic E-state index is -0.283. The average molecular weight is 286 g/mol. The topological polar surface area (TPSA) is 19.7 Å². The van der Waals surface area contributed by atoms with E-state index in [9.17, 15) is 4.39 Å². The highest BCUT2D eigenvalue weighted by molar-refractivity contribution is 6.40. The number of para-hydroxylation sites is 1. The van der Waals surface area contributed by atoms with Crippen LogP contribution >= 0.6 is 11.6 Å². The molecule has 0 unspecified atom stereocenters. The molecule has 0 saturated heterocycles. The van der Waals surface area contributed by atoms with Crippen LogP contribution in [0.15, 0.2) is 42.5 Å². The largest absolute Gasteiger partial charge is 0.348 e. The number of aryl methyl sites for hydroxylation is 1. The van der Waals surface area contributed by atoms with Gasteiger partial charge in [0.15, 0.2) is 0 Å². The van der Waals surface area contributed by atoms with Crippen LogP contribution in [0, 0.1) is 5.82 Å². The van der Waals surface area contributed by atoms with E-state index in [0.717, 1.165) is 27.5 Å². The molecule has 0 aliphatic rings. The Kier molecular flexibility index (Phi) is 2.30. The number of benzene rings is 2. The van der Waals surface area contributed by atoms with Gasteiger partial charge in [0.1, 0.15) is 18.4 Å². The second-order valence-electron chi connectivity index (χ2n) is 4.93. The lowest BCUT2D eigenvalue weighted by molar-refractivity contribution is -0.616. The fourth-order valence-corrected chi connectivity index (χ4v) is 3.15. The van der Waals surface area contributed by atoms with Gasteiger partial charge in [0.05, 0.1) is 21.3 Å². The number of nitrogens with zero attached hydrogens (tertiary/aromatic N) is 1. The number of aromatic amines is 1. The summed E-state index contributed by atoms with van der Waals surface area (Å²) in [6.45, 7) is 0. The first-order valence-electron chi connectivity index (χ1n) is 6.34. The van der Waals surface area contributed by atoms with Crippen molar-refractivity contribution >= 4 is 44.4 Å². The Balaban J connectivity index is 2.36. The van der Waals surface area contributed by atoms with Gasteiger partial charge in [-0.2, -0.15) is 4.57 Å². The Morgan fingerprint density at radius 3 is 2.75 bits per heavy atom. The molecule has 4 rings (SSSR count). The fourth-order valence-electron chi connectivity index (χ4n) is 2.87. The van der Waals surface area contributed by atoms with Gasteiger partial charge in [0.2, 0.25) is 11.0 Å². The molecular weight excluding hydrogens is 275 g/mol. The van der Waals surface area contributed by atoms with Gasteiger partial charge < -0.3 is 4.98 Å². The average Bonchev–Trinajstić information content (AvgIpc) is 2.84. The number of H-pyrrole nitrogens is 1. The molecule has 0 bridgehead atoms. The highest BCUT2D eigenvalue weighted by atomic mass is 35.5. The predicted octanol–water partition coefficient (Wildman–Crippen LogP) is 4.09. The number of hydrogen-bond donors (Lipinski definition) is 1. The number of halogens is 2. The summed E-state index contributed by atoms with van der Waals surface area (Å²) < 4.78 is 15.5. The number of aromatic nitrogens is 2. The van der Waals surface area contributed by atoms with E-state index in [1.807, 2.05) is 25.2 Å². The summed E-state index contributed by atoms with van der Waals surface area (Å²) in [5.41, 5.74) is 3.81. The first-order valence-corrected chi connectivity index (χ1v) is 6.72. The van der Waals surface area contributed by atoms with Crippen LogP contribution < -0.4 is 4.57 Å². The molecule has 0 amide bonds. The molecule has 0 fully saturated rings. The van der Waals surface area contributed by atoms with Gasteiger partial charge in [-0.15, -0.1) is 0 Å². The molecule has 2 nitrogen and oxygen atoms in total. The van der Waals surface area contributed by atoms with Crippen LogP contribution in [0.1, 0.15) is 0 Å². The number of pyridine rings is 1. The molecule has 20 heavy (non-hydrogen) atoms. The van der Waals surface area contributed by atoms with Crippen molar-refractivity contribution in [3.8, 4) is 0 Å². The van der Waals surface area contributed by atoms with Crippen LogP contribution in [0.25, 0.3) is 32.8 Å². The number of nitrogens with one attached hydrogen (secondary N) is 1. The summed E-state index contributed by atoms with van der Waals surface area (Å²) in [5, 5.41) is 2.38. The van der Waals surface area contributed by atoms with Gasteiger partial charge in [-0.25, -0.2) is 4.39 Å². The van der Waals surface area contributed by atoms with Crippen molar-refractivity contribution in [2.75, 3.05) is 0 Å². The van der Waals surface area contributed by atoms with E-state index in [2.05, 4.69) is 15.6 Å². The molecule has 0 spiro atoms. The third kappa shape index (κ3) is 1.41. The van der Waals surface area contributed by atoms with Crippen molar-refractivity contribution in [3.63, 3.8) is 0 Å². The lowest BCUT2D eigenvalue weighted by Crippen LogP contribution is -2.30. The van der Waals surface area contributed by atoms with E-state index in [1.165, 1.54) is 12.1 Å². The van der Waals surface area contributed by atoms with Gasteiger partial charge in [0.25, 0.3) is 0 Å². The van der Waals surface area contributed by atoms with E-state index < -0.39 is 0 Å². The highest BCUT2D eigenvalue weighted by Crippen LogP contribution is 2.32. The maximum absolute atomic E-state index is 13.5. The normalized spacial score (nSPS) is 11.8. The molecule has 4 aromatic rings. The zero-order chi connectivity index (χ0) is 13.9. The smallest absolute Gasteiger partial charge is 0.240 e. The van der Waals surface area contributed by atoms with E-state index in [0.29, 0.717) is 10.4 Å². The Morgan fingerprint density at radius 2 is 1.90 bits per heavy atom. The first kappa shape index (κ1) is 11.7. The molecule has 0 aliphatic heterocycles. The summed E-state index contributed by atoms with van der Waals surface area (Å²) in [6, 6.07) is 12.7. The molecule has 0 aliphatic carbocycles. The van der Waals surface area contributed by atoms with Crippen LogP contribution in [0.5, 0.6) is 0 Å². The van der Waals surface area contributed by atoms with Gasteiger partial charge in [-0.3, -0.25) is 0 Å². The number of rotatable bonds is 0. The van der Waals surface area contributed by atoms with Crippen molar-refractivity contribution < 1.29 is 8.96 Å². The van der Waals surface area contributed by atoms with Crippen molar-refractivity contribution in [1.82, 2.24) is 4.98 Å². The quantitative estimate of drug-likeness (QED) is 0.470. The second-order valence-corrected chi connectivity index (χ2v) is 5.31. The van der Waals surface area contributed by atoms with Crippen molar-refractivity contribution in [2.45, 2.75) is 0 Å². The third-order valence-corrected chi connectivity index (χ3v) is 4.18. The van der Waals surface area contributed by atoms with Crippen LogP contribution in [0.4, 0.5) is 4.39 Å². The van der Waals surface area contributed by atoms with Gasteiger partial charge in [-0.05, 0) is 24.3 Å². The molecule has 2 aromatic heterocycles. The van der Waals surface area contributed by atoms with Crippen molar-refractivity contribution in [2.24, 2.45) is 7.05 Å². The Morgan fingerprint density at radius 1 is 1.10 bits per heavy atom. The van der Waals surface area contributed by atoms with Crippen LogP contribution in [0.3, 0.4) is 0 Å². The van der Waals surface area contributed by atoms with E-state index in [-0.39, 0.29) is 5.82 Å². The van der Waals surface area contributed by atoms with Crippen molar-refractivity contribution in [1.29, 1.82) is 0 Å². The monoisotopic (exact) mass is 285 g/mol. The highest BCUT2D eigenvalue weighted by Gasteiger charge is 2.21. The maximum Gasteiger partial charge on any atom is 0.240 e. The van der Waals surface area contributed by atoms with Gasteiger partial charge in [-0.1, -0.05) is 23.7 Å². The van der Waals surface area contributed by atoms with Gasteiger partial charge >= 0.3 is 0 Å². The summed E-state index contributed by atoms with van der Waals surface area (Å²) >= 11 is 6.48.